The molecule has 0 bridgehead atoms. The van der Waals surface area contributed by atoms with E-state index in [2.05, 4.69) is 15.8 Å². The van der Waals surface area contributed by atoms with Gasteiger partial charge in [0, 0.05) is 30.3 Å². The Bertz CT molecular complexity index is 738. The number of nitrogens with zero attached hydrogens (tertiary/aromatic N) is 1. The smallest absolute Gasteiger partial charge is 0.238 e. The van der Waals surface area contributed by atoms with Crippen molar-refractivity contribution in [3.8, 4) is 5.75 Å². The van der Waals surface area contributed by atoms with Gasteiger partial charge in [0.15, 0.2) is 0 Å². The summed E-state index contributed by atoms with van der Waals surface area (Å²) in [6.45, 7) is 2.32. The lowest BCUT2D eigenvalue weighted by Gasteiger charge is -2.10. The first kappa shape index (κ1) is 19.7. The minimum Gasteiger partial charge on any atom is -0.493 e. The molecule has 0 aliphatic carbocycles. The van der Waals surface area contributed by atoms with Crippen molar-refractivity contribution in [2.75, 3.05) is 6.61 Å². The largest absolute Gasteiger partial charge is 0.493 e. The van der Waals surface area contributed by atoms with E-state index in [-0.39, 0.29) is 24.7 Å². The highest BCUT2D eigenvalue weighted by atomic mass is 35.5. The number of benzene rings is 1. The number of ether oxygens (including phenoxy) is 1. The Morgan fingerprint density at radius 1 is 1.15 bits per heavy atom. The van der Waals surface area contributed by atoms with Crippen molar-refractivity contribution in [1.29, 1.82) is 0 Å². The number of hydrazine groups is 1. The van der Waals surface area contributed by atoms with Crippen LogP contribution in [-0.2, 0) is 16.0 Å². The summed E-state index contributed by atoms with van der Waals surface area (Å²) in [5, 5.41) is 0.661. The molecule has 2 N–H and O–H groups in total. The summed E-state index contributed by atoms with van der Waals surface area (Å²) in [5.74, 6) is 0.255. The van der Waals surface area contributed by atoms with Gasteiger partial charge in [-0.05, 0) is 55.2 Å². The number of halogens is 1. The highest BCUT2D eigenvalue weighted by Crippen LogP contribution is 2.21. The third-order valence-corrected chi connectivity index (χ3v) is 3.88. The van der Waals surface area contributed by atoms with Gasteiger partial charge in [-0.2, -0.15) is 0 Å². The van der Waals surface area contributed by atoms with Crippen LogP contribution in [0.5, 0.6) is 5.75 Å². The van der Waals surface area contributed by atoms with Gasteiger partial charge in [0.2, 0.25) is 11.8 Å². The number of carbonyl (C=O) groups is 2. The molecular weight excluding hydrogens is 354 g/mol. The summed E-state index contributed by atoms with van der Waals surface area (Å²) in [4.78, 5) is 27.4. The molecule has 0 saturated carbocycles. The Hall–Kier alpha value is -2.60. The van der Waals surface area contributed by atoms with E-state index in [1.807, 2.05) is 25.1 Å². The maximum absolute atomic E-state index is 11.7. The van der Waals surface area contributed by atoms with Crippen LogP contribution in [0.3, 0.4) is 0 Å². The maximum atomic E-state index is 11.7. The van der Waals surface area contributed by atoms with Gasteiger partial charge in [0.25, 0.3) is 0 Å². The molecule has 0 spiro atoms. The number of rotatable bonds is 8. The fourth-order valence-electron chi connectivity index (χ4n) is 2.26. The molecule has 0 aliphatic heterocycles. The number of amides is 2. The number of nitrogens with one attached hydrogen (secondary N) is 2. The monoisotopic (exact) mass is 375 g/mol. The molecule has 0 saturated heterocycles. The molecule has 0 aliphatic rings. The van der Waals surface area contributed by atoms with Crippen LogP contribution in [-0.4, -0.2) is 23.4 Å². The highest BCUT2D eigenvalue weighted by molar-refractivity contribution is 6.30. The van der Waals surface area contributed by atoms with Crippen LogP contribution in [0.1, 0.15) is 30.4 Å². The Kier molecular flexibility index (Phi) is 7.89. The van der Waals surface area contributed by atoms with Crippen molar-refractivity contribution in [2.24, 2.45) is 0 Å². The lowest BCUT2D eigenvalue weighted by molar-refractivity contribution is -0.129. The quantitative estimate of drug-likeness (QED) is 0.549. The Balaban J connectivity index is 1.57. The molecule has 2 rings (SSSR count). The van der Waals surface area contributed by atoms with E-state index >= 15 is 0 Å². The number of hydrogen-bond acceptors (Lipinski definition) is 4. The molecule has 2 aromatic rings. The summed E-state index contributed by atoms with van der Waals surface area (Å²) in [6, 6.07) is 9.12. The van der Waals surface area contributed by atoms with Crippen molar-refractivity contribution in [2.45, 2.75) is 32.6 Å². The number of pyridine rings is 1. The van der Waals surface area contributed by atoms with Crippen LogP contribution in [0.25, 0.3) is 0 Å². The van der Waals surface area contributed by atoms with Crippen molar-refractivity contribution in [3.05, 3.63) is 58.9 Å². The molecule has 0 atom stereocenters. The topological polar surface area (TPSA) is 80.3 Å². The van der Waals surface area contributed by atoms with Gasteiger partial charge in [-0.3, -0.25) is 25.4 Å². The van der Waals surface area contributed by atoms with E-state index in [1.54, 1.807) is 24.5 Å². The predicted octanol–water partition coefficient (Wildman–Crippen LogP) is 2.98. The molecular formula is C19H22ClN3O3. The number of carbonyl (C=O) groups excluding carboxylic acids is 2. The SMILES string of the molecule is Cc1cc(Cl)ccc1OCCCC(=O)NNC(=O)CCc1cccnc1. The van der Waals surface area contributed by atoms with E-state index in [9.17, 15) is 9.59 Å². The Labute approximate surface area is 157 Å². The first-order valence-corrected chi connectivity index (χ1v) is 8.78. The summed E-state index contributed by atoms with van der Waals surface area (Å²) >= 11 is 5.89. The van der Waals surface area contributed by atoms with Crippen molar-refractivity contribution in [3.63, 3.8) is 0 Å². The van der Waals surface area contributed by atoms with Crippen molar-refractivity contribution < 1.29 is 14.3 Å². The number of hydrogen-bond donors (Lipinski definition) is 2. The first-order chi connectivity index (χ1) is 12.5. The fraction of sp³-hybridized carbons (Fsp3) is 0.316. The van der Waals surface area contributed by atoms with Crippen molar-refractivity contribution in [1.82, 2.24) is 15.8 Å². The standard InChI is InChI=1S/C19H22ClN3O3/c1-14-12-16(20)7-8-17(14)26-11-3-5-18(24)22-23-19(25)9-6-15-4-2-10-21-13-15/h2,4,7-8,10,12-13H,3,5-6,9,11H2,1H3,(H,22,24)(H,23,25). The van der Waals surface area contributed by atoms with Gasteiger partial charge in [-0.1, -0.05) is 17.7 Å². The normalized spacial score (nSPS) is 10.2. The second-order valence-corrected chi connectivity index (χ2v) is 6.26. The molecule has 26 heavy (non-hydrogen) atoms. The molecule has 1 aromatic carbocycles. The Morgan fingerprint density at radius 3 is 2.62 bits per heavy atom. The lowest BCUT2D eigenvalue weighted by Crippen LogP contribution is -2.41. The molecule has 0 unspecified atom stereocenters. The minimum absolute atomic E-state index is 0.241. The summed E-state index contributed by atoms with van der Waals surface area (Å²) in [5.41, 5.74) is 6.74. The molecule has 7 heteroatoms. The van der Waals surface area contributed by atoms with Crippen LogP contribution >= 0.6 is 11.6 Å². The highest BCUT2D eigenvalue weighted by Gasteiger charge is 2.06. The average molecular weight is 376 g/mol. The third-order valence-electron chi connectivity index (χ3n) is 3.65. The molecule has 1 aromatic heterocycles. The summed E-state index contributed by atoms with van der Waals surface area (Å²) in [6.07, 6.45) is 5.06. The Morgan fingerprint density at radius 2 is 1.92 bits per heavy atom. The fourth-order valence-corrected chi connectivity index (χ4v) is 2.48. The summed E-state index contributed by atoms with van der Waals surface area (Å²) in [7, 11) is 0. The van der Waals surface area contributed by atoms with Crippen LogP contribution in [0.4, 0.5) is 0 Å². The molecule has 6 nitrogen and oxygen atoms in total. The second-order valence-electron chi connectivity index (χ2n) is 5.82. The van der Waals surface area contributed by atoms with Gasteiger partial charge in [-0.15, -0.1) is 0 Å². The van der Waals surface area contributed by atoms with Gasteiger partial charge in [-0.25, -0.2) is 0 Å². The van der Waals surface area contributed by atoms with Gasteiger partial charge < -0.3 is 4.74 Å². The van der Waals surface area contributed by atoms with Gasteiger partial charge in [0.05, 0.1) is 6.61 Å². The zero-order valence-corrected chi connectivity index (χ0v) is 15.4. The second kappa shape index (κ2) is 10.4. The molecule has 2 amide bonds. The van der Waals surface area contributed by atoms with E-state index in [4.69, 9.17) is 16.3 Å². The zero-order valence-electron chi connectivity index (χ0n) is 14.6. The zero-order chi connectivity index (χ0) is 18.8. The van der Waals surface area contributed by atoms with Gasteiger partial charge in [0.1, 0.15) is 5.75 Å². The van der Waals surface area contributed by atoms with Crippen LogP contribution in [0.15, 0.2) is 42.7 Å². The minimum atomic E-state index is -0.254. The van der Waals surface area contributed by atoms with Crippen LogP contribution in [0.2, 0.25) is 5.02 Å². The summed E-state index contributed by atoms with van der Waals surface area (Å²) < 4.78 is 5.62. The van der Waals surface area contributed by atoms with Crippen LogP contribution < -0.4 is 15.6 Å². The number of aromatic nitrogens is 1. The maximum Gasteiger partial charge on any atom is 0.238 e. The first-order valence-electron chi connectivity index (χ1n) is 8.40. The molecule has 0 fully saturated rings. The number of aryl methyl sites for hydroxylation is 2. The van der Waals surface area contributed by atoms with E-state index in [1.165, 1.54) is 0 Å². The van der Waals surface area contributed by atoms with Crippen molar-refractivity contribution >= 4 is 23.4 Å². The van der Waals surface area contributed by atoms with Gasteiger partial charge >= 0.3 is 0 Å². The predicted molar refractivity (Wildman–Crippen MR) is 99.8 cm³/mol. The van der Waals surface area contributed by atoms with E-state index in [0.29, 0.717) is 24.5 Å². The molecule has 1 heterocycles. The van der Waals surface area contributed by atoms with Crippen LogP contribution in [0, 0.1) is 6.92 Å². The third kappa shape index (κ3) is 7.11. The average Bonchev–Trinajstić information content (AvgIpc) is 2.64. The molecule has 138 valence electrons. The lowest BCUT2D eigenvalue weighted by atomic mass is 10.1. The van der Waals surface area contributed by atoms with E-state index in [0.717, 1.165) is 16.9 Å². The van der Waals surface area contributed by atoms with E-state index < -0.39 is 0 Å². The molecule has 0 radical (unpaired) electrons.